The van der Waals surface area contributed by atoms with E-state index < -0.39 is 18.0 Å². The second kappa shape index (κ2) is 9.08. The van der Waals surface area contributed by atoms with E-state index >= 15 is 0 Å². The summed E-state index contributed by atoms with van der Waals surface area (Å²) in [5.74, 6) is -0.674. The summed E-state index contributed by atoms with van der Waals surface area (Å²) < 4.78 is 11.2. The third-order valence-corrected chi connectivity index (χ3v) is 4.40. The lowest BCUT2D eigenvalue weighted by molar-refractivity contribution is -0.155. The summed E-state index contributed by atoms with van der Waals surface area (Å²) in [6.07, 6.45) is -1.02. The molecule has 0 aromatic heterocycles. The Morgan fingerprint density at radius 2 is 1.84 bits per heavy atom. The predicted molar refractivity (Wildman–Crippen MR) is 100 cm³/mol. The van der Waals surface area contributed by atoms with E-state index in [0.717, 1.165) is 4.47 Å². The zero-order chi connectivity index (χ0) is 18.4. The number of hydrogen-bond acceptors (Lipinski definition) is 4. The highest BCUT2D eigenvalue weighted by atomic mass is 79.9. The van der Waals surface area contributed by atoms with E-state index in [9.17, 15) is 9.59 Å². The molecule has 25 heavy (non-hydrogen) atoms. The topological polar surface area (TPSA) is 64.6 Å². The zero-order valence-electron chi connectivity index (χ0n) is 13.1. The Morgan fingerprint density at radius 3 is 2.52 bits per heavy atom. The highest BCUT2D eigenvalue weighted by molar-refractivity contribution is 9.10. The normalized spacial score (nSPS) is 11.5. The van der Waals surface area contributed by atoms with Crippen LogP contribution in [0.4, 0.5) is 5.69 Å². The summed E-state index contributed by atoms with van der Waals surface area (Å²) in [5.41, 5.74) is 0.341. The summed E-state index contributed by atoms with van der Waals surface area (Å²) >= 11 is 15.2. The average Bonchev–Trinajstić information content (AvgIpc) is 2.58. The Balaban J connectivity index is 1.84. The lowest BCUT2D eigenvalue weighted by Gasteiger charge is -2.15. The number of carbonyl (C=O) groups is 2. The first-order valence-corrected chi connectivity index (χ1v) is 8.74. The SMILES string of the molecule is CC(OC(=O)COc1ccc(Br)cc1)C(=O)Nc1cccc(Cl)c1Cl. The minimum Gasteiger partial charge on any atom is -0.482 e. The molecule has 0 fully saturated rings. The summed E-state index contributed by atoms with van der Waals surface area (Å²) in [7, 11) is 0. The molecule has 0 aliphatic carbocycles. The zero-order valence-corrected chi connectivity index (χ0v) is 16.2. The molecule has 0 heterocycles. The average molecular weight is 447 g/mol. The van der Waals surface area contributed by atoms with Gasteiger partial charge in [0.2, 0.25) is 0 Å². The van der Waals surface area contributed by atoms with Gasteiger partial charge in [0.25, 0.3) is 5.91 Å². The fourth-order valence-corrected chi connectivity index (χ4v) is 2.40. The molecule has 0 saturated heterocycles. The first kappa shape index (κ1) is 19.6. The van der Waals surface area contributed by atoms with E-state index in [2.05, 4.69) is 21.2 Å². The van der Waals surface area contributed by atoms with Gasteiger partial charge in [0.05, 0.1) is 15.7 Å². The number of carbonyl (C=O) groups excluding carboxylic acids is 2. The Hall–Kier alpha value is -1.76. The fraction of sp³-hybridized carbons (Fsp3) is 0.176. The van der Waals surface area contributed by atoms with Crippen LogP contribution in [-0.2, 0) is 14.3 Å². The molecule has 132 valence electrons. The standard InChI is InChI=1S/C17H14BrCl2NO4/c1-10(17(23)21-14-4-2-3-13(19)16(14)20)25-15(22)9-24-12-7-5-11(18)6-8-12/h2-8,10H,9H2,1H3,(H,21,23). The van der Waals surface area contributed by atoms with Gasteiger partial charge >= 0.3 is 5.97 Å². The van der Waals surface area contributed by atoms with Crippen molar-refractivity contribution in [3.63, 3.8) is 0 Å². The van der Waals surface area contributed by atoms with Crippen molar-refractivity contribution in [3.05, 3.63) is 57.0 Å². The van der Waals surface area contributed by atoms with Crippen LogP contribution in [-0.4, -0.2) is 24.6 Å². The molecule has 1 amide bonds. The van der Waals surface area contributed by atoms with Crippen molar-refractivity contribution < 1.29 is 19.1 Å². The number of nitrogens with one attached hydrogen (secondary N) is 1. The largest absolute Gasteiger partial charge is 0.482 e. The lowest BCUT2D eigenvalue weighted by atomic mass is 10.3. The maximum Gasteiger partial charge on any atom is 0.344 e. The quantitative estimate of drug-likeness (QED) is 0.653. The molecule has 2 aromatic rings. The van der Waals surface area contributed by atoms with Crippen molar-refractivity contribution >= 4 is 56.7 Å². The van der Waals surface area contributed by atoms with Crippen LogP contribution in [0.15, 0.2) is 46.9 Å². The number of esters is 1. The van der Waals surface area contributed by atoms with Crippen molar-refractivity contribution in [1.82, 2.24) is 0 Å². The minimum absolute atomic E-state index is 0.217. The number of ether oxygens (including phenoxy) is 2. The van der Waals surface area contributed by atoms with Gasteiger partial charge in [0, 0.05) is 4.47 Å². The molecular formula is C17H14BrCl2NO4. The van der Waals surface area contributed by atoms with Gasteiger partial charge in [-0.05, 0) is 43.3 Å². The lowest BCUT2D eigenvalue weighted by Crippen LogP contribution is -2.31. The maximum absolute atomic E-state index is 12.1. The Bertz CT molecular complexity index is 768. The molecule has 8 heteroatoms. The highest BCUT2D eigenvalue weighted by Crippen LogP contribution is 2.29. The smallest absolute Gasteiger partial charge is 0.344 e. The number of rotatable bonds is 6. The van der Waals surface area contributed by atoms with Crippen LogP contribution >= 0.6 is 39.1 Å². The van der Waals surface area contributed by atoms with Crippen molar-refractivity contribution in [2.24, 2.45) is 0 Å². The summed E-state index contributed by atoms with van der Waals surface area (Å²) in [6.45, 7) is 1.14. The Morgan fingerprint density at radius 1 is 1.16 bits per heavy atom. The van der Waals surface area contributed by atoms with Crippen molar-refractivity contribution in [1.29, 1.82) is 0 Å². The third-order valence-electron chi connectivity index (χ3n) is 3.06. The molecule has 0 spiro atoms. The number of benzene rings is 2. The van der Waals surface area contributed by atoms with Gasteiger partial charge in [-0.1, -0.05) is 45.2 Å². The number of anilines is 1. The molecule has 0 bridgehead atoms. The number of hydrogen-bond donors (Lipinski definition) is 1. The van der Waals surface area contributed by atoms with Gasteiger partial charge in [0.15, 0.2) is 12.7 Å². The van der Waals surface area contributed by atoms with Crippen molar-refractivity contribution in [2.45, 2.75) is 13.0 Å². The van der Waals surface area contributed by atoms with Gasteiger partial charge in [-0.25, -0.2) is 4.79 Å². The van der Waals surface area contributed by atoms with Crippen LogP contribution in [0.1, 0.15) is 6.92 Å². The Labute approximate surface area is 163 Å². The molecule has 5 nitrogen and oxygen atoms in total. The van der Waals surface area contributed by atoms with Gasteiger partial charge in [-0.2, -0.15) is 0 Å². The van der Waals surface area contributed by atoms with E-state index in [-0.39, 0.29) is 11.6 Å². The van der Waals surface area contributed by atoms with E-state index in [4.69, 9.17) is 32.7 Å². The first-order chi connectivity index (χ1) is 11.9. The molecule has 2 aromatic carbocycles. The molecule has 0 saturated carbocycles. The predicted octanol–water partition coefficient (Wildman–Crippen LogP) is 4.71. The molecule has 2 rings (SSSR count). The van der Waals surface area contributed by atoms with Gasteiger partial charge in [-0.15, -0.1) is 0 Å². The first-order valence-electron chi connectivity index (χ1n) is 7.19. The van der Waals surface area contributed by atoms with Crippen LogP contribution in [0.3, 0.4) is 0 Å². The van der Waals surface area contributed by atoms with E-state index in [0.29, 0.717) is 16.5 Å². The van der Waals surface area contributed by atoms with Crippen LogP contribution in [0.5, 0.6) is 5.75 Å². The molecule has 0 aliphatic heterocycles. The van der Waals surface area contributed by atoms with Crippen molar-refractivity contribution in [2.75, 3.05) is 11.9 Å². The fourth-order valence-electron chi connectivity index (χ4n) is 1.79. The second-order valence-corrected chi connectivity index (χ2v) is 6.67. The van der Waals surface area contributed by atoms with Gasteiger partial charge in [0.1, 0.15) is 5.75 Å². The van der Waals surface area contributed by atoms with Gasteiger partial charge < -0.3 is 14.8 Å². The van der Waals surface area contributed by atoms with Crippen LogP contribution in [0, 0.1) is 0 Å². The molecule has 1 N–H and O–H groups in total. The number of halogens is 3. The molecule has 1 unspecified atom stereocenters. The maximum atomic E-state index is 12.1. The second-order valence-electron chi connectivity index (χ2n) is 4.97. The van der Waals surface area contributed by atoms with Crippen LogP contribution in [0.25, 0.3) is 0 Å². The molecule has 0 radical (unpaired) electrons. The van der Waals surface area contributed by atoms with E-state index in [1.807, 2.05) is 0 Å². The molecule has 1 atom stereocenters. The monoisotopic (exact) mass is 445 g/mol. The third kappa shape index (κ3) is 5.92. The van der Waals surface area contributed by atoms with E-state index in [1.54, 1.807) is 42.5 Å². The van der Waals surface area contributed by atoms with Crippen LogP contribution < -0.4 is 10.1 Å². The molecular weight excluding hydrogens is 433 g/mol. The summed E-state index contributed by atoms with van der Waals surface area (Å²) in [5, 5.41) is 3.09. The van der Waals surface area contributed by atoms with Crippen molar-refractivity contribution in [3.8, 4) is 5.75 Å². The summed E-state index contributed by atoms with van der Waals surface area (Å²) in [6, 6.07) is 11.8. The van der Waals surface area contributed by atoms with Crippen LogP contribution in [0.2, 0.25) is 10.0 Å². The van der Waals surface area contributed by atoms with Gasteiger partial charge in [-0.3, -0.25) is 4.79 Å². The highest BCUT2D eigenvalue weighted by Gasteiger charge is 2.19. The Kier molecular flexibility index (Phi) is 7.11. The van der Waals surface area contributed by atoms with E-state index in [1.165, 1.54) is 6.92 Å². The number of amides is 1. The summed E-state index contributed by atoms with van der Waals surface area (Å²) in [4.78, 5) is 23.9. The molecule has 0 aliphatic rings. The minimum atomic E-state index is -1.02.